The topological polar surface area (TPSA) is 65.1 Å². The van der Waals surface area contributed by atoms with E-state index >= 15 is 0 Å². The molecule has 30 heavy (non-hydrogen) atoms. The highest BCUT2D eigenvalue weighted by Crippen LogP contribution is 2.41. The third-order valence-corrected chi connectivity index (χ3v) is 8.37. The van der Waals surface area contributed by atoms with Crippen molar-refractivity contribution in [1.29, 1.82) is 0 Å². The van der Waals surface area contributed by atoms with E-state index in [-0.39, 0.29) is 16.9 Å². The Bertz CT molecular complexity index is 816. The number of hydrogen-bond donors (Lipinski definition) is 0. The lowest BCUT2D eigenvalue weighted by Gasteiger charge is -2.44. The van der Waals surface area contributed by atoms with Crippen molar-refractivity contribution in [2.45, 2.75) is 83.6 Å². The number of hydrogen-bond acceptors (Lipinski definition) is 5. The van der Waals surface area contributed by atoms with Gasteiger partial charge in [0.25, 0.3) is 9.04 Å². The normalized spacial score (nSPS) is 18.8. The summed E-state index contributed by atoms with van der Waals surface area (Å²) < 4.78 is 18.1. The van der Waals surface area contributed by atoms with Crippen molar-refractivity contribution in [2.75, 3.05) is 13.1 Å². The van der Waals surface area contributed by atoms with Crippen LogP contribution in [0.4, 0.5) is 4.79 Å². The molecule has 0 aliphatic carbocycles. The Morgan fingerprint density at radius 1 is 1.13 bits per heavy atom. The molecule has 0 bridgehead atoms. The van der Waals surface area contributed by atoms with Gasteiger partial charge in [0.1, 0.15) is 22.7 Å². The van der Waals surface area contributed by atoms with E-state index in [0.717, 1.165) is 5.75 Å². The number of carbonyl (C=O) groups is 2. The molecule has 1 aromatic rings. The molecule has 0 saturated carbocycles. The van der Waals surface area contributed by atoms with E-state index in [0.29, 0.717) is 43.7 Å². The quantitative estimate of drug-likeness (QED) is 0.599. The number of fused-ring (bicyclic) bond motifs is 1. The monoisotopic (exact) mass is 432 g/mol. The molecule has 165 valence electrons. The predicted octanol–water partition coefficient (Wildman–Crippen LogP) is 5.22. The van der Waals surface area contributed by atoms with Crippen LogP contribution >= 0.6 is 0 Å². The number of benzene rings is 1. The molecule has 3 rings (SSSR count). The van der Waals surface area contributed by atoms with Gasteiger partial charge in [-0.1, -0.05) is 20.8 Å². The van der Waals surface area contributed by atoms with Gasteiger partial charge in [-0.15, -0.1) is 0 Å². The summed E-state index contributed by atoms with van der Waals surface area (Å²) in [5.41, 5.74) is -0.473. The van der Waals surface area contributed by atoms with Crippen LogP contribution in [0.5, 0.6) is 11.5 Å². The molecule has 0 aromatic heterocycles. The number of Topliss-reactive ketones (excluding diaryl/α,β-unsaturated/α-hetero) is 1. The van der Waals surface area contributed by atoms with Crippen LogP contribution in [-0.4, -0.2) is 50.1 Å². The molecular formula is C23H34NO5Si. The van der Waals surface area contributed by atoms with Crippen molar-refractivity contribution in [3.8, 4) is 11.5 Å². The number of likely N-dealkylation sites (tertiary alicyclic amines) is 1. The maximum atomic E-state index is 12.8. The molecule has 2 aliphatic rings. The number of amides is 1. The van der Waals surface area contributed by atoms with Crippen molar-refractivity contribution < 1.29 is 23.5 Å². The van der Waals surface area contributed by atoms with Crippen molar-refractivity contribution in [2.24, 2.45) is 0 Å². The molecule has 0 atom stereocenters. The summed E-state index contributed by atoms with van der Waals surface area (Å²) in [6.07, 6.45) is 1.24. The Balaban J connectivity index is 1.71. The van der Waals surface area contributed by atoms with Crippen molar-refractivity contribution in [3.63, 3.8) is 0 Å². The first kappa shape index (κ1) is 22.7. The van der Waals surface area contributed by atoms with E-state index in [1.54, 1.807) is 4.90 Å². The number of rotatable bonds is 2. The van der Waals surface area contributed by atoms with Gasteiger partial charge < -0.3 is 18.8 Å². The molecule has 1 radical (unpaired) electrons. The number of ketones is 1. The van der Waals surface area contributed by atoms with Crippen LogP contribution in [0.2, 0.25) is 11.6 Å². The molecule has 1 amide bonds. The van der Waals surface area contributed by atoms with Gasteiger partial charge in [-0.3, -0.25) is 4.79 Å². The highest BCUT2D eigenvalue weighted by atomic mass is 28.3. The van der Waals surface area contributed by atoms with Gasteiger partial charge >= 0.3 is 6.09 Å². The average Bonchev–Trinajstić information content (AvgIpc) is 2.59. The van der Waals surface area contributed by atoms with Crippen molar-refractivity contribution >= 4 is 20.9 Å². The largest absolute Gasteiger partial charge is 0.542 e. The summed E-state index contributed by atoms with van der Waals surface area (Å²) in [5, 5.41) is 0.104. The van der Waals surface area contributed by atoms with Gasteiger partial charge in [0.15, 0.2) is 5.78 Å². The molecule has 1 saturated heterocycles. The number of nitrogens with zero attached hydrogens (tertiary/aromatic N) is 1. The van der Waals surface area contributed by atoms with Crippen LogP contribution in [0.25, 0.3) is 0 Å². The van der Waals surface area contributed by atoms with Crippen LogP contribution < -0.4 is 9.16 Å². The fraction of sp³-hybridized carbons (Fsp3) is 0.652. The molecule has 7 heteroatoms. The maximum Gasteiger partial charge on any atom is 0.410 e. The third kappa shape index (κ3) is 5.17. The summed E-state index contributed by atoms with van der Waals surface area (Å²) >= 11 is 0. The molecule has 0 unspecified atom stereocenters. The van der Waals surface area contributed by atoms with Gasteiger partial charge in [-0.05, 0) is 44.5 Å². The van der Waals surface area contributed by atoms with Gasteiger partial charge in [-0.25, -0.2) is 4.79 Å². The van der Waals surface area contributed by atoms with Gasteiger partial charge in [0.2, 0.25) is 0 Å². The maximum absolute atomic E-state index is 12.8. The first-order valence-electron chi connectivity index (χ1n) is 10.6. The zero-order valence-electron chi connectivity index (χ0n) is 19.3. The minimum atomic E-state index is -1.06. The molecule has 2 heterocycles. The van der Waals surface area contributed by atoms with Crippen molar-refractivity contribution in [3.05, 3.63) is 23.8 Å². The smallest absolute Gasteiger partial charge is 0.410 e. The Hall–Kier alpha value is -2.02. The molecule has 6 nitrogen and oxygen atoms in total. The second-order valence-corrected chi connectivity index (χ2v) is 13.2. The fourth-order valence-electron chi connectivity index (χ4n) is 3.57. The van der Waals surface area contributed by atoms with Gasteiger partial charge in [0.05, 0.1) is 12.0 Å². The van der Waals surface area contributed by atoms with E-state index in [1.807, 2.05) is 39.0 Å². The van der Waals surface area contributed by atoms with Crippen LogP contribution in [0.3, 0.4) is 0 Å². The Labute approximate surface area is 181 Å². The van der Waals surface area contributed by atoms with E-state index in [2.05, 4.69) is 27.3 Å². The number of piperidine rings is 1. The third-order valence-electron chi connectivity index (χ3n) is 5.72. The molecule has 0 N–H and O–H groups in total. The van der Waals surface area contributed by atoms with E-state index in [9.17, 15) is 9.59 Å². The summed E-state index contributed by atoms with van der Waals surface area (Å²) in [4.78, 5) is 26.9. The lowest BCUT2D eigenvalue weighted by Crippen LogP contribution is -2.53. The second kappa shape index (κ2) is 7.91. The average molecular weight is 433 g/mol. The summed E-state index contributed by atoms with van der Waals surface area (Å²) in [6.45, 7) is 15.3. The highest BCUT2D eigenvalue weighted by Gasteiger charge is 2.44. The molecule has 1 aromatic carbocycles. The zero-order valence-corrected chi connectivity index (χ0v) is 20.3. The van der Waals surface area contributed by atoms with Crippen molar-refractivity contribution in [1.82, 2.24) is 4.90 Å². The second-order valence-electron chi connectivity index (χ2n) is 10.4. The Kier molecular flexibility index (Phi) is 5.97. The minimum absolute atomic E-state index is 0.0892. The van der Waals surface area contributed by atoms with E-state index < -0.39 is 20.2 Å². The molecular weight excluding hydrogens is 398 g/mol. The lowest BCUT2D eigenvalue weighted by molar-refractivity contribution is -0.0226. The van der Waals surface area contributed by atoms with Gasteiger partial charge in [0, 0.05) is 32.0 Å². The Morgan fingerprint density at radius 2 is 1.77 bits per heavy atom. The fourth-order valence-corrected chi connectivity index (χ4v) is 4.36. The molecule has 2 aliphatic heterocycles. The number of carbonyl (C=O) groups excluding carboxylic acids is 2. The molecule has 1 fully saturated rings. The lowest BCUT2D eigenvalue weighted by atomic mass is 9.82. The van der Waals surface area contributed by atoms with Crippen LogP contribution in [0, 0.1) is 0 Å². The Morgan fingerprint density at radius 3 is 2.33 bits per heavy atom. The van der Waals surface area contributed by atoms with E-state index in [4.69, 9.17) is 13.9 Å². The predicted molar refractivity (Wildman–Crippen MR) is 118 cm³/mol. The summed E-state index contributed by atoms with van der Waals surface area (Å²) in [5.74, 6) is 1.43. The zero-order chi connectivity index (χ0) is 22.3. The summed E-state index contributed by atoms with van der Waals surface area (Å²) in [6, 6.07) is 5.53. The van der Waals surface area contributed by atoms with Gasteiger partial charge in [-0.2, -0.15) is 0 Å². The van der Waals surface area contributed by atoms with Crippen LogP contribution in [-0.2, 0) is 4.74 Å². The number of ether oxygens (including phenoxy) is 2. The first-order chi connectivity index (χ1) is 13.8. The SMILES string of the molecule is C[Si](Oc1ccc2c(c1)OC1(CCN(C(=O)OC(C)(C)C)CC1)CC2=O)C(C)(C)C. The summed E-state index contributed by atoms with van der Waals surface area (Å²) in [7, 11) is -1.06. The van der Waals surface area contributed by atoms with Crippen LogP contribution in [0.15, 0.2) is 18.2 Å². The standard InChI is InChI=1S/C23H34NO5Si/c1-21(2,3)28-20(26)24-12-10-23(11-13-24)15-18(25)17-9-8-16(14-19(17)27-23)29-30(7)22(4,5)6/h8-9,14H,10-13,15H2,1-7H3. The highest BCUT2D eigenvalue weighted by molar-refractivity contribution is 6.54. The van der Waals surface area contributed by atoms with E-state index in [1.165, 1.54) is 0 Å². The van der Waals surface area contributed by atoms with Crippen LogP contribution in [0.1, 0.15) is 71.2 Å². The first-order valence-corrected chi connectivity index (χ1v) is 12.5. The minimum Gasteiger partial charge on any atom is -0.542 e. The molecule has 1 spiro atoms.